The van der Waals surface area contributed by atoms with Crippen LogP contribution >= 0.6 is 11.3 Å². The van der Waals surface area contributed by atoms with Gasteiger partial charge in [0.05, 0.1) is 13.2 Å². The number of carbonyl (C=O) groups is 1. The summed E-state index contributed by atoms with van der Waals surface area (Å²) < 4.78 is 5.06. The predicted octanol–water partition coefficient (Wildman–Crippen LogP) is 1.95. The summed E-state index contributed by atoms with van der Waals surface area (Å²) in [6.07, 6.45) is 1.62. The minimum atomic E-state index is -0.0675. The molecule has 2 aromatic rings. The molecule has 2 heterocycles. The summed E-state index contributed by atoms with van der Waals surface area (Å²) in [6.45, 7) is 1.64. The van der Waals surface area contributed by atoms with Gasteiger partial charge >= 0.3 is 0 Å². The van der Waals surface area contributed by atoms with Gasteiger partial charge in [0.15, 0.2) is 0 Å². The lowest BCUT2D eigenvalue weighted by Gasteiger charge is -2.21. The molecule has 0 saturated heterocycles. The van der Waals surface area contributed by atoms with Crippen LogP contribution in [0.5, 0.6) is 0 Å². The van der Waals surface area contributed by atoms with E-state index in [1.807, 2.05) is 17.5 Å². The number of rotatable bonds is 6. The zero-order chi connectivity index (χ0) is 13.7. The number of amides is 1. The summed E-state index contributed by atoms with van der Waals surface area (Å²) in [6, 6.07) is 5.64. The summed E-state index contributed by atoms with van der Waals surface area (Å²) in [5, 5.41) is 2.00. The first kappa shape index (κ1) is 13.6. The summed E-state index contributed by atoms with van der Waals surface area (Å²) in [4.78, 5) is 18.2. The van der Waals surface area contributed by atoms with Crippen LogP contribution < -0.4 is 5.73 Å². The minimum absolute atomic E-state index is 0.0675. The maximum atomic E-state index is 12.4. The van der Waals surface area contributed by atoms with Gasteiger partial charge in [0.2, 0.25) is 0 Å². The Morgan fingerprint density at radius 3 is 3.00 bits per heavy atom. The second kappa shape index (κ2) is 6.40. The minimum Gasteiger partial charge on any atom is -0.397 e. The van der Waals surface area contributed by atoms with Crippen LogP contribution in [0.2, 0.25) is 0 Å². The van der Waals surface area contributed by atoms with Crippen LogP contribution in [0, 0.1) is 0 Å². The van der Waals surface area contributed by atoms with Gasteiger partial charge in [-0.25, -0.2) is 0 Å². The van der Waals surface area contributed by atoms with Gasteiger partial charge in [-0.1, -0.05) is 6.07 Å². The van der Waals surface area contributed by atoms with E-state index in [9.17, 15) is 4.79 Å². The second-order valence-electron chi connectivity index (χ2n) is 4.15. The lowest BCUT2D eigenvalue weighted by Crippen LogP contribution is -2.33. The van der Waals surface area contributed by atoms with E-state index in [4.69, 9.17) is 10.5 Å². The Kier molecular flexibility index (Phi) is 4.59. The smallest absolute Gasteiger partial charge is 0.270 e. The Hall–Kier alpha value is -1.79. The van der Waals surface area contributed by atoms with E-state index in [1.54, 1.807) is 35.6 Å². The number of ether oxygens (including phenoxy) is 1. The zero-order valence-corrected chi connectivity index (χ0v) is 11.6. The lowest BCUT2D eigenvalue weighted by molar-refractivity contribution is 0.0677. The van der Waals surface area contributed by atoms with Gasteiger partial charge in [-0.15, -0.1) is 11.3 Å². The maximum Gasteiger partial charge on any atom is 0.270 e. The van der Waals surface area contributed by atoms with Gasteiger partial charge in [0.1, 0.15) is 5.69 Å². The molecule has 6 heteroatoms. The van der Waals surface area contributed by atoms with Gasteiger partial charge in [0.25, 0.3) is 5.91 Å². The average molecular weight is 279 g/mol. The molecular weight excluding hydrogens is 262 g/mol. The Balaban J connectivity index is 2.10. The fraction of sp³-hybridized carbons (Fsp3) is 0.308. The normalized spacial score (nSPS) is 10.6. The Bertz CT molecular complexity index is 522. The Morgan fingerprint density at radius 1 is 1.58 bits per heavy atom. The lowest BCUT2D eigenvalue weighted by atomic mass is 10.3. The Labute approximate surface area is 116 Å². The summed E-state index contributed by atoms with van der Waals surface area (Å²) >= 11 is 1.63. The fourth-order valence-electron chi connectivity index (χ4n) is 1.75. The molecule has 3 N–H and O–H groups in total. The number of H-pyrrole nitrogens is 1. The number of hydrogen-bond acceptors (Lipinski definition) is 4. The average Bonchev–Trinajstić information content (AvgIpc) is 3.05. The molecule has 0 aromatic carbocycles. The fourth-order valence-corrected chi connectivity index (χ4v) is 2.47. The first-order valence-electron chi connectivity index (χ1n) is 5.95. The molecule has 0 fully saturated rings. The summed E-state index contributed by atoms with van der Waals surface area (Å²) in [5.41, 5.74) is 6.69. The van der Waals surface area contributed by atoms with Crippen LogP contribution in [0.25, 0.3) is 0 Å². The number of aromatic nitrogens is 1. The van der Waals surface area contributed by atoms with Crippen LogP contribution in [0.4, 0.5) is 5.69 Å². The zero-order valence-electron chi connectivity index (χ0n) is 10.8. The third-order valence-electron chi connectivity index (χ3n) is 2.72. The van der Waals surface area contributed by atoms with E-state index in [-0.39, 0.29) is 5.91 Å². The standard InChI is InChI=1S/C13H17N3O2S/c1-18-5-4-16(9-11-3-2-6-19-11)13(17)12-7-10(14)8-15-12/h2-3,6-8,15H,4-5,9,14H2,1H3. The molecule has 1 amide bonds. The molecule has 0 aliphatic carbocycles. The quantitative estimate of drug-likeness (QED) is 0.849. The number of carbonyl (C=O) groups excluding carboxylic acids is 1. The van der Waals surface area contributed by atoms with Crippen LogP contribution in [-0.4, -0.2) is 36.1 Å². The van der Waals surface area contributed by atoms with Crippen molar-refractivity contribution in [1.29, 1.82) is 0 Å². The SMILES string of the molecule is COCCN(Cc1cccs1)C(=O)c1cc(N)c[nH]1. The number of thiophene rings is 1. The van der Waals surface area contributed by atoms with Crippen molar-refractivity contribution in [3.8, 4) is 0 Å². The van der Waals surface area contributed by atoms with Gasteiger partial charge in [-0.3, -0.25) is 4.79 Å². The molecule has 2 rings (SSSR count). The molecule has 19 heavy (non-hydrogen) atoms. The third kappa shape index (κ3) is 3.59. The first-order valence-corrected chi connectivity index (χ1v) is 6.83. The summed E-state index contributed by atoms with van der Waals surface area (Å²) in [7, 11) is 1.63. The van der Waals surface area contributed by atoms with Crippen LogP contribution in [-0.2, 0) is 11.3 Å². The number of hydrogen-bond donors (Lipinski definition) is 2. The largest absolute Gasteiger partial charge is 0.397 e. The molecule has 0 saturated carbocycles. The van der Waals surface area contributed by atoms with Crippen LogP contribution in [0.15, 0.2) is 29.8 Å². The van der Waals surface area contributed by atoms with E-state index < -0.39 is 0 Å². The molecule has 0 atom stereocenters. The molecule has 102 valence electrons. The monoisotopic (exact) mass is 279 g/mol. The highest BCUT2D eigenvalue weighted by molar-refractivity contribution is 7.09. The van der Waals surface area contributed by atoms with E-state index >= 15 is 0 Å². The van der Waals surface area contributed by atoms with Crippen molar-refractivity contribution in [2.75, 3.05) is 26.0 Å². The van der Waals surface area contributed by atoms with Crippen molar-refractivity contribution in [1.82, 2.24) is 9.88 Å². The number of nitrogen functional groups attached to an aromatic ring is 1. The number of nitrogens with two attached hydrogens (primary N) is 1. The molecule has 0 bridgehead atoms. The number of nitrogens with zero attached hydrogens (tertiary/aromatic N) is 1. The molecule has 0 unspecified atom stereocenters. The molecule has 5 nitrogen and oxygen atoms in total. The van der Waals surface area contributed by atoms with Crippen molar-refractivity contribution in [3.05, 3.63) is 40.3 Å². The highest BCUT2D eigenvalue weighted by Crippen LogP contribution is 2.15. The third-order valence-corrected chi connectivity index (χ3v) is 3.58. The Morgan fingerprint density at radius 2 is 2.42 bits per heavy atom. The number of aromatic amines is 1. The topological polar surface area (TPSA) is 71.3 Å². The van der Waals surface area contributed by atoms with E-state index in [2.05, 4.69) is 4.98 Å². The molecule has 0 aliphatic heterocycles. The van der Waals surface area contributed by atoms with Crippen LogP contribution in [0.1, 0.15) is 15.4 Å². The maximum absolute atomic E-state index is 12.4. The van der Waals surface area contributed by atoms with Crippen molar-refractivity contribution in [2.45, 2.75) is 6.54 Å². The molecule has 0 aliphatic rings. The van der Waals surface area contributed by atoms with Crippen molar-refractivity contribution in [2.24, 2.45) is 0 Å². The van der Waals surface area contributed by atoms with Crippen molar-refractivity contribution < 1.29 is 9.53 Å². The van der Waals surface area contributed by atoms with E-state index in [0.717, 1.165) is 4.88 Å². The van der Waals surface area contributed by atoms with Gasteiger partial charge in [-0.05, 0) is 17.5 Å². The number of methoxy groups -OCH3 is 1. The number of anilines is 1. The first-order chi connectivity index (χ1) is 9.20. The van der Waals surface area contributed by atoms with Crippen LogP contribution in [0.3, 0.4) is 0 Å². The predicted molar refractivity (Wildman–Crippen MR) is 76.1 cm³/mol. The summed E-state index contributed by atoms with van der Waals surface area (Å²) in [5.74, 6) is -0.0675. The van der Waals surface area contributed by atoms with Crippen molar-refractivity contribution in [3.63, 3.8) is 0 Å². The van der Waals surface area contributed by atoms with E-state index in [0.29, 0.717) is 31.1 Å². The molecule has 0 spiro atoms. The second-order valence-corrected chi connectivity index (χ2v) is 5.18. The number of nitrogens with one attached hydrogen (secondary N) is 1. The molecule has 2 aromatic heterocycles. The molecular formula is C13H17N3O2S. The van der Waals surface area contributed by atoms with Gasteiger partial charge in [-0.2, -0.15) is 0 Å². The molecule has 0 radical (unpaired) electrons. The highest BCUT2D eigenvalue weighted by Gasteiger charge is 2.17. The highest BCUT2D eigenvalue weighted by atomic mass is 32.1. The van der Waals surface area contributed by atoms with Gasteiger partial charge in [0, 0.05) is 30.4 Å². The van der Waals surface area contributed by atoms with Gasteiger partial charge < -0.3 is 20.4 Å². The van der Waals surface area contributed by atoms with E-state index in [1.165, 1.54) is 0 Å². The van der Waals surface area contributed by atoms with Crippen molar-refractivity contribution >= 4 is 22.9 Å².